The van der Waals surface area contributed by atoms with Crippen LogP contribution < -0.4 is 4.74 Å². The van der Waals surface area contributed by atoms with Crippen molar-refractivity contribution in [2.24, 2.45) is 0 Å². The molecule has 0 atom stereocenters. The molecule has 1 aromatic carbocycles. The average Bonchev–Trinajstić information content (AvgIpc) is 2.26. The van der Waals surface area contributed by atoms with Crippen molar-refractivity contribution in [3.8, 4) is 11.5 Å². The summed E-state index contributed by atoms with van der Waals surface area (Å²) < 4.78 is 15.2. The van der Waals surface area contributed by atoms with Gasteiger partial charge in [-0.3, -0.25) is 0 Å². The van der Waals surface area contributed by atoms with E-state index in [0.29, 0.717) is 25.6 Å². The molecular formula is C11H16O4. The Labute approximate surface area is 89.4 Å². The summed E-state index contributed by atoms with van der Waals surface area (Å²) in [4.78, 5) is 0. The number of methoxy groups -OCH3 is 2. The zero-order valence-electron chi connectivity index (χ0n) is 9.03. The average molecular weight is 212 g/mol. The fraction of sp³-hybridized carbons (Fsp3) is 0.455. The van der Waals surface area contributed by atoms with Crippen LogP contribution in [-0.2, 0) is 16.1 Å². The molecule has 15 heavy (non-hydrogen) atoms. The lowest BCUT2D eigenvalue weighted by Gasteiger charge is -2.07. The van der Waals surface area contributed by atoms with Gasteiger partial charge in [0.25, 0.3) is 0 Å². The van der Waals surface area contributed by atoms with Crippen LogP contribution >= 0.6 is 0 Å². The zero-order valence-corrected chi connectivity index (χ0v) is 9.03. The molecule has 0 radical (unpaired) electrons. The molecule has 4 nitrogen and oxygen atoms in total. The van der Waals surface area contributed by atoms with Gasteiger partial charge in [-0.05, 0) is 17.7 Å². The Bertz CT molecular complexity index is 299. The van der Waals surface area contributed by atoms with Crippen molar-refractivity contribution in [1.82, 2.24) is 0 Å². The molecule has 0 saturated carbocycles. The van der Waals surface area contributed by atoms with Crippen LogP contribution in [0.4, 0.5) is 0 Å². The fourth-order valence-electron chi connectivity index (χ4n) is 1.14. The van der Waals surface area contributed by atoms with Crippen molar-refractivity contribution in [1.29, 1.82) is 0 Å². The van der Waals surface area contributed by atoms with Gasteiger partial charge in [-0.15, -0.1) is 0 Å². The van der Waals surface area contributed by atoms with Gasteiger partial charge in [-0.25, -0.2) is 0 Å². The summed E-state index contributed by atoms with van der Waals surface area (Å²) in [6, 6.07) is 5.14. The Hall–Kier alpha value is -1.26. The van der Waals surface area contributed by atoms with Crippen LogP contribution in [0.25, 0.3) is 0 Å². The van der Waals surface area contributed by atoms with E-state index < -0.39 is 0 Å². The molecule has 0 fully saturated rings. The first-order valence-electron chi connectivity index (χ1n) is 4.70. The van der Waals surface area contributed by atoms with Crippen LogP contribution in [-0.4, -0.2) is 32.5 Å². The van der Waals surface area contributed by atoms with E-state index >= 15 is 0 Å². The summed E-state index contributed by atoms with van der Waals surface area (Å²) in [6.07, 6.45) is 0. The Kier molecular flexibility index (Phi) is 4.93. The second-order valence-corrected chi connectivity index (χ2v) is 3.05. The Balaban J connectivity index is 2.47. The number of hydrogen-bond acceptors (Lipinski definition) is 4. The first kappa shape index (κ1) is 11.8. The second-order valence-electron chi connectivity index (χ2n) is 3.05. The highest BCUT2D eigenvalue weighted by atomic mass is 16.5. The van der Waals surface area contributed by atoms with Crippen LogP contribution in [0.3, 0.4) is 0 Å². The predicted octanol–water partition coefficient (Wildman–Crippen LogP) is 1.56. The summed E-state index contributed by atoms with van der Waals surface area (Å²) in [7, 11) is 3.15. The third kappa shape index (κ3) is 3.77. The largest absolute Gasteiger partial charge is 0.504 e. The Morgan fingerprint density at radius 3 is 2.67 bits per heavy atom. The van der Waals surface area contributed by atoms with Crippen molar-refractivity contribution in [2.75, 3.05) is 27.4 Å². The van der Waals surface area contributed by atoms with E-state index in [0.717, 1.165) is 5.56 Å². The molecule has 0 bridgehead atoms. The first-order valence-corrected chi connectivity index (χ1v) is 4.70. The van der Waals surface area contributed by atoms with E-state index in [1.54, 1.807) is 25.3 Å². The van der Waals surface area contributed by atoms with E-state index in [4.69, 9.17) is 14.2 Å². The smallest absolute Gasteiger partial charge is 0.160 e. The number of ether oxygens (including phenoxy) is 3. The SMILES string of the molecule is COCCOCc1ccc(O)c(OC)c1. The molecule has 0 amide bonds. The summed E-state index contributed by atoms with van der Waals surface area (Å²) in [5, 5.41) is 9.36. The molecule has 1 N–H and O–H groups in total. The molecule has 1 aromatic rings. The van der Waals surface area contributed by atoms with E-state index in [9.17, 15) is 5.11 Å². The third-order valence-electron chi connectivity index (χ3n) is 1.94. The van der Waals surface area contributed by atoms with Crippen LogP contribution in [0, 0.1) is 0 Å². The number of phenols is 1. The lowest BCUT2D eigenvalue weighted by molar-refractivity contribution is 0.0616. The first-order chi connectivity index (χ1) is 7.27. The predicted molar refractivity (Wildman–Crippen MR) is 56.2 cm³/mol. The van der Waals surface area contributed by atoms with Gasteiger partial charge in [-0.1, -0.05) is 6.07 Å². The van der Waals surface area contributed by atoms with Gasteiger partial charge in [0.15, 0.2) is 11.5 Å². The molecule has 0 unspecified atom stereocenters. The molecule has 0 heterocycles. The van der Waals surface area contributed by atoms with Gasteiger partial charge in [0.05, 0.1) is 26.9 Å². The molecule has 0 aliphatic rings. The summed E-state index contributed by atoms with van der Waals surface area (Å²) in [5.41, 5.74) is 0.959. The highest BCUT2D eigenvalue weighted by molar-refractivity contribution is 5.41. The molecule has 0 aliphatic carbocycles. The minimum Gasteiger partial charge on any atom is -0.504 e. The molecule has 4 heteroatoms. The normalized spacial score (nSPS) is 10.3. The van der Waals surface area contributed by atoms with Crippen molar-refractivity contribution >= 4 is 0 Å². The summed E-state index contributed by atoms with van der Waals surface area (Å²) in [6.45, 7) is 1.62. The molecule has 0 aliphatic heterocycles. The van der Waals surface area contributed by atoms with Crippen molar-refractivity contribution in [3.05, 3.63) is 23.8 Å². The molecule has 0 saturated heterocycles. The highest BCUT2D eigenvalue weighted by Gasteiger charge is 2.02. The molecule has 0 aromatic heterocycles. The Morgan fingerprint density at radius 1 is 1.20 bits per heavy atom. The van der Waals surface area contributed by atoms with Crippen LogP contribution in [0.15, 0.2) is 18.2 Å². The Morgan fingerprint density at radius 2 is 2.00 bits per heavy atom. The zero-order chi connectivity index (χ0) is 11.1. The minimum atomic E-state index is 0.137. The maximum atomic E-state index is 9.36. The number of benzene rings is 1. The van der Waals surface area contributed by atoms with Crippen molar-refractivity contribution < 1.29 is 19.3 Å². The molecule has 0 spiro atoms. The van der Waals surface area contributed by atoms with Gasteiger partial charge in [0.2, 0.25) is 0 Å². The topological polar surface area (TPSA) is 47.9 Å². The van der Waals surface area contributed by atoms with Gasteiger partial charge in [0, 0.05) is 7.11 Å². The van der Waals surface area contributed by atoms with E-state index in [1.807, 2.05) is 0 Å². The lowest BCUT2D eigenvalue weighted by atomic mass is 10.2. The quantitative estimate of drug-likeness (QED) is 0.727. The van der Waals surface area contributed by atoms with Gasteiger partial charge < -0.3 is 19.3 Å². The van der Waals surface area contributed by atoms with Crippen LogP contribution in [0.5, 0.6) is 11.5 Å². The highest BCUT2D eigenvalue weighted by Crippen LogP contribution is 2.26. The van der Waals surface area contributed by atoms with E-state index in [1.165, 1.54) is 7.11 Å². The van der Waals surface area contributed by atoms with Gasteiger partial charge in [0.1, 0.15) is 0 Å². The number of phenolic OH excluding ortho intramolecular Hbond substituents is 1. The summed E-state index contributed by atoms with van der Waals surface area (Å²) in [5.74, 6) is 0.598. The fourth-order valence-corrected chi connectivity index (χ4v) is 1.14. The molecular weight excluding hydrogens is 196 g/mol. The number of aromatic hydroxyl groups is 1. The summed E-state index contributed by atoms with van der Waals surface area (Å²) >= 11 is 0. The molecule has 1 rings (SSSR count). The minimum absolute atomic E-state index is 0.137. The maximum absolute atomic E-state index is 9.36. The number of hydrogen-bond donors (Lipinski definition) is 1. The van der Waals surface area contributed by atoms with Crippen LogP contribution in [0.2, 0.25) is 0 Å². The molecule has 84 valence electrons. The standard InChI is InChI=1S/C11H16O4/c1-13-5-6-15-8-9-3-4-10(12)11(7-9)14-2/h3-4,7,12H,5-6,8H2,1-2H3. The number of rotatable bonds is 6. The van der Waals surface area contributed by atoms with E-state index in [-0.39, 0.29) is 5.75 Å². The van der Waals surface area contributed by atoms with Gasteiger partial charge in [-0.2, -0.15) is 0 Å². The van der Waals surface area contributed by atoms with Gasteiger partial charge >= 0.3 is 0 Å². The van der Waals surface area contributed by atoms with E-state index in [2.05, 4.69) is 0 Å². The van der Waals surface area contributed by atoms with Crippen molar-refractivity contribution in [3.63, 3.8) is 0 Å². The lowest BCUT2D eigenvalue weighted by Crippen LogP contribution is -2.01. The maximum Gasteiger partial charge on any atom is 0.160 e. The van der Waals surface area contributed by atoms with Crippen LogP contribution in [0.1, 0.15) is 5.56 Å². The van der Waals surface area contributed by atoms with Crippen molar-refractivity contribution in [2.45, 2.75) is 6.61 Å². The monoisotopic (exact) mass is 212 g/mol. The third-order valence-corrected chi connectivity index (χ3v) is 1.94. The second kappa shape index (κ2) is 6.27.